The summed E-state index contributed by atoms with van der Waals surface area (Å²) in [5.74, 6) is -0.958. The first-order chi connectivity index (χ1) is 13.6. The van der Waals surface area contributed by atoms with Gasteiger partial charge in [0.1, 0.15) is 12.3 Å². The number of hydrogen-bond donors (Lipinski definition) is 2. The molecule has 2 aromatic carbocycles. The normalized spacial score (nSPS) is 15.0. The first kappa shape index (κ1) is 19.0. The van der Waals surface area contributed by atoms with Crippen molar-refractivity contribution in [2.45, 2.75) is 12.5 Å². The van der Waals surface area contributed by atoms with Gasteiger partial charge in [0.2, 0.25) is 0 Å². The molecule has 2 N–H and O–H groups in total. The summed E-state index contributed by atoms with van der Waals surface area (Å²) in [4.78, 5) is 24.1. The van der Waals surface area contributed by atoms with Crippen molar-refractivity contribution in [3.63, 3.8) is 0 Å². The molecule has 2 aromatic rings. The second-order valence-corrected chi connectivity index (χ2v) is 6.15. The first-order valence-electron chi connectivity index (χ1n) is 8.66. The molecule has 1 aliphatic heterocycles. The Balaban J connectivity index is 1.74. The predicted octanol–water partition coefficient (Wildman–Crippen LogP) is 3.16. The number of nitrogens with zero attached hydrogens (tertiary/aromatic N) is 1. The van der Waals surface area contributed by atoms with Gasteiger partial charge in [-0.15, -0.1) is 0 Å². The van der Waals surface area contributed by atoms with Gasteiger partial charge in [0.15, 0.2) is 0 Å². The highest BCUT2D eigenvalue weighted by atomic mass is 16.6. The highest BCUT2D eigenvalue weighted by Crippen LogP contribution is 2.32. The second-order valence-electron chi connectivity index (χ2n) is 6.15. The first-order valence-corrected chi connectivity index (χ1v) is 8.66. The maximum absolute atomic E-state index is 12.1. The van der Waals surface area contributed by atoms with Crippen molar-refractivity contribution in [3.05, 3.63) is 70.9 Å². The molecule has 1 unspecified atom stereocenters. The molecule has 7 heteroatoms. The largest absolute Gasteiger partial charge is 0.464 e. The van der Waals surface area contributed by atoms with Crippen LogP contribution in [0.1, 0.15) is 22.6 Å². The van der Waals surface area contributed by atoms with Crippen LogP contribution >= 0.6 is 0 Å². The number of alkyl carbamates (subject to hydrolysis) is 1. The van der Waals surface area contributed by atoms with Crippen LogP contribution in [0.4, 0.5) is 10.5 Å². The lowest BCUT2D eigenvalue weighted by atomic mass is 10.00. The van der Waals surface area contributed by atoms with Gasteiger partial charge in [-0.05, 0) is 34.9 Å². The van der Waals surface area contributed by atoms with E-state index in [0.29, 0.717) is 12.1 Å². The molecular weight excluding hydrogens is 358 g/mol. The lowest BCUT2D eigenvalue weighted by molar-refractivity contribution is -0.136. The fourth-order valence-corrected chi connectivity index (χ4v) is 2.85. The van der Waals surface area contributed by atoms with E-state index in [2.05, 4.69) is 16.7 Å². The van der Waals surface area contributed by atoms with Crippen LogP contribution in [0.3, 0.4) is 0 Å². The monoisotopic (exact) mass is 377 g/mol. The number of anilines is 1. The van der Waals surface area contributed by atoms with E-state index in [1.54, 1.807) is 6.07 Å². The fourth-order valence-electron chi connectivity index (χ4n) is 2.85. The second kappa shape index (κ2) is 8.73. The summed E-state index contributed by atoms with van der Waals surface area (Å²) in [5, 5.41) is 14.8. The Morgan fingerprint density at radius 3 is 2.79 bits per heavy atom. The highest BCUT2D eigenvalue weighted by molar-refractivity contribution is 5.96. The van der Waals surface area contributed by atoms with Gasteiger partial charge in [-0.3, -0.25) is 5.32 Å². The third-order valence-corrected chi connectivity index (χ3v) is 4.27. The van der Waals surface area contributed by atoms with Crippen molar-refractivity contribution in [2.24, 2.45) is 0 Å². The lowest BCUT2D eigenvalue weighted by Gasteiger charge is -2.10. The lowest BCUT2D eigenvalue weighted by Crippen LogP contribution is -2.28. The zero-order chi connectivity index (χ0) is 19.9. The van der Waals surface area contributed by atoms with Crippen LogP contribution in [0.2, 0.25) is 0 Å². The van der Waals surface area contributed by atoms with E-state index < -0.39 is 12.1 Å². The van der Waals surface area contributed by atoms with Gasteiger partial charge in [0.25, 0.3) is 0 Å². The van der Waals surface area contributed by atoms with E-state index in [1.807, 2.05) is 42.5 Å². The molecule has 0 radical (unpaired) electrons. The zero-order valence-corrected chi connectivity index (χ0v) is 15.3. The van der Waals surface area contributed by atoms with Crippen LogP contribution in [-0.2, 0) is 20.9 Å². The van der Waals surface area contributed by atoms with Crippen molar-refractivity contribution in [1.82, 2.24) is 5.32 Å². The Kier molecular flexibility index (Phi) is 5.92. The highest BCUT2D eigenvalue weighted by Gasteiger charge is 2.22. The Labute approximate surface area is 162 Å². The Bertz CT molecular complexity index is 948. The molecule has 28 heavy (non-hydrogen) atoms. The summed E-state index contributed by atoms with van der Waals surface area (Å²) >= 11 is 0. The smallest absolute Gasteiger partial charge is 0.412 e. The fraction of sp³-hybridized carbons (Fsp3) is 0.190. The summed E-state index contributed by atoms with van der Waals surface area (Å²) in [6.45, 7) is 0.627. The predicted molar refractivity (Wildman–Crippen MR) is 103 cm³/mol. The number of amides is 1. The number of fused-ring (bicyclic) bond motifs is 1. The number of carbonyl (C=O) groups excluding carboxylic acids is 2. The van der Waals surface area contributed by atoms with E-state index in [4.69, 9.17) is 9.47 Å². The van der Waals surface area contributed by atoms with Crippen molar-refractivity contribution in [1.29, 1.82) is 5.26 Å². The van der Waals surface area contributed by atoms with E-state index in [1.165, 1.54) is 13.2 Å². The van der Waals surface area contributed by atoms with Crippen LogP contribution in [0.25, 0.3) is 6.08 Å². The van der Waals surface area contributed by atoms with Crippen molar-refractivity contribution in [2.75, 3.05) is 19.0 Å². The van der Waals surface area contributed by atoms with Gasteiger partial charge >= 0.3 is 12.1 Å². The number of methoxy groups -OCH3 is 1. The average molecular weight is 377 g/mol. The van der Waals surface area contributed by atoms with E-state index >= 15 is 0 Å². The summed E-state index contributed by atoms with van der Waals surface area (Å²) in [6.07, 6.45) is 0.723. The average Bonchev–Trinajstić information content (AvgIpc) is 3.14. The number of esters is 1. The standard InChI is InChI=1S/C21H19N3O4/c1-27-20(25)19(24-21(26)28-13-14-5-3-2-4-6-14)10-15-7-8-18-17(9-15)16(11-22)12-23-18/h2-10,16,23H,12-13H2,1H3,(H,24,26)/b19-10-. The third kappa shape index (κ3) is 4.48. The quantitative estimate of drug-likeness (QED) is 0.613. The molecule has 1 atom stereocenters. The van der Waals surface area contributed by atoms with Crippen LogP contribution in [0.5, 0.6) is 0 Å². The van der Waals surface area contributed by atoms with Gasteiger partial charge in [0, 0.05) is 12.2 Å². The molecule has 0 aliphatic carbocycles. The maximum atomic E-state index is 12.1. The van der Waals surface area contributed by atoms with Gasteiger partial charge in [-0.2, -0.15) is 5.26 Å². The van der Waals surface area contributed by atoms with E-state index in [0.717, 1.165) is 16.8 Å². The number of nitriles is 1. The van der Waals surface area contributed by atoms with E-state index in [-0.39, 0.29) is 18.2 Å². The minimum Gasteiger partial charge on any atom is -0.464 e. The summed E-state index contributed by atoms with van der Waals surface area (Å²) in [6, 6.07) is 16.9. The Morgan fingerprint density at radius 2 is 2.07 bits per heavy atom. The molecule has 0 aromatic heterocycles. The van der Waals surface area contributed by atoms with Gasteiger partial charge in [-0.1, -0.05) is 36.4 Å². The van der Waals surface area contributed by atoms with Crippen LogP contribution < -0.4 is 10.6 Å². The Hall–Kier alpha value is -3.79. The molecule has 0 saturated carbocycles. The van der Waals surface area contributed by atoms with E-state index in [9.17, 15) is 14.9 Å². The molecule has 1 amide bonds. The van der Waals surface area contributed by atoms with Crippen LogP contribution in [-0.4, -0.2) is 25.7 Å². The van der Waals surface area contributed by atoms with Gasteiger partial charge in [0.05, 0.1) is 19.1 Å². The number of nitrogens with one attached hydrogen (secondary N) is 2. The molecule has 0 saturated heterocycles. The van der Waals surface area contributed by atoms with Crippen molar-refractivity contribution in [3.8, 4) is 6.07 Å². The van der Waals surface area contributed by atoms with Crippen LogP contribution in [0, 0.1) is 11.3 Å². The number of rotatable bonds is 5. The molecule has 142 valence electrons. The minimum atomic E-state index is -0.766. The molecule has 3 rings (SSSR count). The molecular formula is C21H19N3O4. The summed E-state index contributed by atoms with van der Waals surface area (Å²) < 4.78 is 9.89. The SMILES string of the molecule is COC(=O)/C(=C/c1ccc2c(c1)C(C#N)CN2)NC(=O)OCc1ccccc1. The minimum absolute atomic E-state index is 0.0556. The molecule has 7 nitrogen and oxygen atoms in total. The van der Waals surface area contributed by atoms with Crippen LogP contribution in [0.15, 0.2) is 54.2 Å². The topological polar surface area (TPSA) is 100 Å². The third-order valence-electron chi connectivity index (χ3n) is 4.27. The number of ether oxygens (including phenoxy) is 2. The molecule has 0 bridgehead atoms. The summed E-state index contributed by atoms with van der Waals surface area (Å²) in [7, 11) is 1.23. The molecule has 1 heterocycles. The van der Waals surface area contributed by atoms with Gasteiger partial charge < -0.3 is 14.8 Å². The van der Waals surface area contributed by atoms with Gasteiger partial charge in [-0.25, -0.2) is 9.59 Å². The Morgan fingerprint density at radius 1 is 1.29 bits per heavy atom. The molecule has 1 aliphatic rings. The van der Waals surface area contributed by atoms with Crippen molar-refractivity contribution < 1.29 is 19.1 Å². The summed E-state index contributed by atoms with van der Waals surface area (Å²) in [5.41, 5.74) is 3.17. The maximum Gasteiger partial charge on any atom is 0.412 e. The number of carbonyl (C=O) groups is 2. The number of hydrogen-bond acceptors (Lipinski definition) is 6. The molecule has 0 spiro atoms. The molecule has 0 fully saturated rings. The zero-order valence-electron chi connectivity index (χ0n) is 15.3. The number of benzene rings is 2. The van der Waals surface area contributed by atoms with Crippen molar-refractivity contribution >= 4 is 23.8 Å².